The number of halogens is 1. The highest BCUT2D eigenvalue weighted by Gasteiger charge is 2.31. The van der Waals surface area contributed by atoms with Crippen LogP contribution in [0.3, 0.4) is 0 Å². The summed E-state index contributed by atoms with van der Waals surface area (Å²) in [5.41, 5.74) is 0.974. The third-order valence-electron chi connectivity index (χ3n) is 3.96. The molecule has 0 radical (unpaired) electrons. The number of anilines is 1. The first-order valence-corrected chi connectivity index (χ1v) is 7.68. The average molecular weight is 344 g/mol. The lowest BCUT2D eigenvalue weighted by Gasteiger charge is -2.40. The first-order chi connectivity index (χ1) is 10.2. The Morgan fingerprint density at radius 3 is 2.62 bits per heavy atom. The molecule has 1 aromatic carbocycles. The van der Waals surface area contributed by atoms with Gasteiger partial charge >= 0.3 is 0 Å². The maximum atomic E-state index is 4.40. The molecule has 3 aromatic rings. The van der Waals surface area contributed by atoms with E-state index in [0.717, 1.165) is 29.1 Å². The van der Waals surface area contributed by atoms with Gasteiger partial charge in [0.05, 0.1) is 22.4 Å². The summed E-state index contributed by atoms with van der Waals surface area (Å²) in [5.74, 6) is 0.971. The minimum absolute atomic E-state index is 0.401. The van der Waals surface area contributed by atoms with Crippen LogP contribution in [0.5, 0.6) is 0 Å². The van der Waals surface area contributed by atoms with Crippen LogP contribution in [0.2, 0.25) is 0 Å². The van der Waals surface area contributed by atoms with Gasteiger partial charge in [0.1, 0.15) is 0 Å². The Bertz CT molecular complexity index is 807. The summed E-state index contributed by atoms with van der Waals surface area (Å²) >= 11 is 3.43. The van der Waals surface area contributed by atoms with Crippen molar-refractivity contribution in [3.63, 3.8) is 0 Å². The molecule has 5 nitrogen and oxygen atoms in total. The van der Waals surface area contributed by atoms with Crippen LogP contribution in [-0.4, -0.2) is 33.1 Å². The zero-order chi connectivity index (χ0) is 14.4. The summed E-state index contributed by atoms with van der Waals surface area (Å²) in [6.45, 7) is 3.82. The van der Waals surface area contributed by atoms with Gasteiger partial charge in [0.2, 0.25) is 0 Å². The molecule has 1 saturated heterocycles. The van der Waals surface area contributed by atoms with E-state index in [4.69, 9.17) is 0 Å². The largest absolute Gasteiger partial charge is 0.350 e. The Balaban J connectivity index is 1.63. The fourth-order valence-electron chi connectivity index (χ4n) is 2.77. The van der Waals surface area contributed by atoms with E-state index in [-0.39, 0.29) is 0 Å². The van der Waals surface area contributed by atoms with Crippen LogP contribution in [0.1, 0.15) is 11.7 Å². The zero-order valence-corrected chi connectivity index (χ0v) is 13.2. The normalized spacial score (nSPS) is 15.4. The third-order valence-corrected chi connectivity index (χ3v) is 4.37. The van der Waals surface area contributed by atoms with Crippen molar-refractivity contribution >= 4 is 32.5 Å². The minimum atomic E-state index is 0.401. The molecule has 2 aromatic heterocycles. The molecular weight excluding hydrogens is 330 g/mol. The minimum Gasteiger partial charge on any atom is -0.350 e. The summed E-state index contributed by atoms with van der Waals surface area (Å²) in [4.78, 5) is 2.26. The Morgan fingerprint density at radius 1 is 1.14 bits per heavy atom. The van der Waals surface area contributed by atoms with Gasteiger partial charge in [-0.3, -0.25) is 4.68 Å². The molecule has 6 heteroatoms. The Morgan fingerprint density at radius 2 is 1.90 bits per heavy atom. The van der Waals surface area contributed by atoms with Gasteiger partial charge in [-0.05, 0) is 22.9 Å². The molecule has 3 heterocycles. The number of rotatable bonds is 2. The second kappa shape index (κ2) is 4.80. The lowest BCUT2D eigenvalue weighted by atomic mass is 10.1. The molecule has 0 unspecified atom stereocenters. The summed E-state index contributed by atoms with van der Waals surface area (Å²) in [7, 11) is 0. The van der Waals surface area contributed by atoms with E-state index in [2.05, 4.69) is 54.3 Å². The van der Waals surface area contributed by atoms with Crippen molar-refractivity contribution in [1.82, 2.24) is 20.0 Å². The van der Waals surface area contributed by atoms with Crippen molar-refractivity contribution in [1.29, 1.82) is 0 Å². The first kappa shape index (κ1) is 12.8. The van der Waals surface area contributed by atoms with Gasteiger partial charge in [0, 0.05) is 30.1 Å². The summed E-state index contributed by atoms with van der Waals surface area (Å²) < 4.78 is 3.02. The Hall–Kier alpha value is -1.95. The van der Waals surface area contributed by atoms with Gasteiger partial charge < -0.3 is 4.90 Å². The quantitative estimate of drug-likeness (QED) is 0.717. The highest BCUT2D eigenvalue weighted by atomic mass is 79.9. The van der Waals surface area contributed by atoms with Gasteiger partial charge in [-0.2, -0.15) is 10.2 Å². The van der Waals surface area contributed by atoms with E-state index >= 15 is 0 Å². The maximum Gasteiger partial charge on any atom is 0.159 e. The first-order valence-electron chi connectivity index (χ1n) is 6.89. The highest BCUT2D eigenvalue weighted by Crippen LogP contribution is 2.32. The number of fused-ring (bicyclic) bond motifs is 1. The van der Waals surface area contributed by atoms with Crippen molar-refractivity contribution in [2.75, 3.05) is 18.0 Å². The van der Waals surface area contributed by atoms with Crippen molar-refractivity contribution in [2.45, 2.75) is 13.0 Å². The SMILES string of the molecule is Cc1nnc(N2CC(n3cc(Br)cn3)C2)c2ccccc12. The predicted molar refractivity (Wildman–Crippen MR) is 85.5 cm³/mol. The van der Waals surface area contributed by atoms with E-state index in [1.165, 1.54) is 10.8 Å². The van der Waals surface area contributed by atoms with Gasteiger partial charge in [-0.15, -0.1) is 5.10 Å². The van der Waals surface area contributed by atoms with Crippen LogP contribution in [0.25, 0.3) is 10.8 Å². The Kier molecular flexibility index (Phi) is 2.92. The summed E-state index contributed by atoms with van der Waals surface area (Å²) in [6, 6.07) is 8.71. The lowest BCUT2D eigenvalue weighted by molar-refractivity contribution is 0.366. The summed E-state index contributed by atoms with van der Waals surface area (Å²) in [6.07, 6.45) is 3.84. The molecule has 1 fully saturated rings. The lowest BCUT2D eigenvalue weighted by Crippen LogP contribution is -2.48. The molecule has 0 spiro atoms. The van der Waals surface area contributed by atoms with E-state index in [9.17, 15) is 0 Å². The van der Waals surface area contributed by atoms with Gasteiger partial charge in [0.25, 0.3) is 0 Å². The maximum absolute atomic E-state index is 4.40. The fraction of sp³-hybridized carbons (Fsp3) is 0.267. The van der Waals surface area contributed by atoms with Gasteiger partial charge in [0.15, 0.2) is 5.82 Å². The number of benzene rings is 1. The smallest absolute Gasteiger partial charge is 0.159 e. The highest BCUT2D eigenvalue weighted by molar-refractivity contribution is 9.10. The molecule has 21 heavy (non-hydrogen) atoms. The van der Waals surface area contributed by atoms with Crippen molar-refractivity contribution in [2.24, 2.45) is 0 Å². The van der Waals surface area contributed by atoms with Crippen LogP contribution in [0, 0.1) is 6.92 Å². The second-order valence-corrected chi connectivity index (χ2v) is 6.27. The average Bonchev–Trinajstić information content (AvgIpc) is 2.86. The fourth-order valence-corrected chi connectivity index (χ4v) is 3.07. The van der Waals surface area contributed by atoms with E-state index in [1.807, 2.05) is 30.1 Å². The molecular formula is C15H14BrN5. The molecule has 4 rings (SSSR count). The standard InChI is InChI=1S/C15H14BrN5/c1-10-13-4-2-3-5-14(13)15(19-18-10)20-8-12(9-20)21-7-11(16)6-17-21/h2-7,12H,8-9H2,1H3. The van der Waals surface area contributed by atoms with E-state index in [0.29, 0.717) is 6.04 Å². The molecule has 0 N–H and O–H groups in total. The van der Waals surface area contributed by atoms with Crippen LogP contribution in [-0.2, 0) is 0 Å². The molecule has 1 aliphatic rings. The van der Waals surface area contributed by atoms with Crippen LogP contribution >= 0.6 is 15.9 Å². The predicted octanol–water partition coefficient (Wildman–Crippen LogP) is 2.96. The molecule has 0 aliphatic carbocycles. The van der Waals surface area contributed by atoms with Crippen molar-refractivity contribution in [3.8, 4) is 0 Å². The number of hydrogen-bond donors (Lipinski definition) is 0. The van der Waals surface area contributed by atoms with E-state index in [1.54, 1.807) is 0 Å². The molecule has 1 aliphatic heterocycles. The number of aryl methyl sites for hydroxylation is 1. The number of hydrogen-bond acceptors (Lipinski definition) is 4. The van der Waals surface area contributed by atoms with Crippen molar-refractivity contribution in [3.05, 3.63) is 46.8 Å². The molecule has 0 atom stereocenters. The monoisotopic (exact) mass is 343 g/mol. The number of aromatic nitrogens is 4. The third kappa shape index (κ3) is 2.10. The summed E-state index contributed by atoms with van der Waals surface area (Å²) in [5, 5.41) is 15.4. The van der Waals surface area contributed by atoms with E-state index < -0.39 is 0 Å². The molecule has 0 bridgehead atoms. The zero-order valence-electron chi connectivity index (χ0n) is 11.6. The molecule has 0 saturated carbocycles. The van der Waals surface area contributed by atoms with Crippen LogP contribution in [0.15, 0.2) is 41.1 Å². The topological polar surface area (TPSA) is 46.8 Å². The second-order valence-electron chi connectivity index (χ2n) is 5.35. The van der Waals surface area contributed by atoms with Gasteiger partial charge in [-0.1, -0.05) is 24.3 Å². The van der Waals surface area contributed by atoms with Crippen LogP contribution < -0.4 is 4.90 Å². The Labute approximate surface area is 130 Å². The molecule has 0 amide bonds. The molecule has 106 valence electrons. The van der Waals surface area contributed by atoms with Gasteiger partial charge in [-0.25, -0.2) is 0 Å². The van der Waals surface area contributed by atoms with Crippen LogP contribution in [0.4, 0.5) is 5.82 Å². The number of nitrogens with zero attached hydrogens (tertiary/aromatic N) is 5. The van der Waals surface area contributed by atoms with Crippen molar-refractivity contribution < 1.29 is 0 Å².